The number of aryl methyl sites for hydroxylation is 2. The molecule has 1 heterocycles. The molecule has 5 nitrogen and oxygen atoms in total. The Morgan fingerprint density at radius 1 is 1.22 bits per heavy atom. The monoisotopic (exact) mass is 491 g/mol. The van der Waals surface area contributed by atoms with E-state index in [9.17, 15) is 8.78 Å². The van der Waals surface area contributed by atoms with Crippen molar-refractivity contribution < 1.29 is 8.78 Å². The van der Waals surface area contributed by atoms with Crippen molar-refractivity contribution in [3.8, 4) is 0 Å². The van der Waals surface area contributed by atoms with Gasteiger partial charge in [-0.2, -0.15) is 5.10 Å². The molecule has 1 aromatic carbocycles. The molecule has 0 saturated carbocycles. The Hall–Kier alpha value is -1.71. The number of nitrogens with one attached hydrogen (secondary N) is 2. The number of nitrogens with zero attached hydrogens (tertiary/aromatic N) is 3. The van der Waals surface area contributed by atoms with E-state index in [1.807, 2.05) is 25.5 Å². The number of aromatic nitrogens is 2. The van der Waals surface area contributed by atoms with Crippen LogP contribution in [0.15, 0.2) is 29.3 Å². The number of guanidine groups is 1. The molecule has 0 aliphatic heterocycles. The first-order valence-corrected chi connectivity index (χ1v) is 8.86. The minimum Gasteiger partial charge on any atom is -0.357 e. The van der Waals surface area contributed by atoms with Crippen LogP contribution in [0.4, 0.5) is 8.78 Å². The van der Waals surface area contributed by atoms with E-state index in [1.54, 1.807) is 0 Å². The molecule has 0 aliphatic rings. The van der Waals surface area contributed by atoms with Crippen LogP contribution in [0.2, 0.25) is 0 Å². The maximum Gasteiger partial charge on any atom is 0.191 e. The molecule has 150 valence electrons. The molecule has 27 heavy (non-hydrogen) atoms. The molecule has 0 amide bonds. The molecule has 2 rings (SSSR count). The largest absolute Gasteiger partial charge is 0.357 e. The third kappa shape index (κ3) is 7.43. The molecule has 1 aromatic heterocycles. The molecule has 0 fully saturated rings. The Labute approximate surface area is 176 Å². The minimum absolute atomic E-state index is 0. The summed E-state index contributed by atoms with van der Waals surface area (Å²) in [6, 6.07) is 5.46. The summed E-state index contributed by atoms with van der Waals surface area (Å²) >= 11 is 0. The van der Waals surface area contributed by atoms with Gasteiger partial charge >= 0.3 is 0 Å². The summed E-state index contributed by atoms with van der Waals surface area (Å²) in [6.07, 6.45) is 0. The van der Waals surface area contributed by atoms with Crippen LogP contribution in [0.3, 0.4) is 0 Å². The Kier molecular flexibility index (Phi) is 9.68. The lowest BCUT2D eigenvalue weighted by atomic mass is 10.2. The maximum atomic E-state index is 13.7. The smallest absolute Gasteiger partial charge is 0.191 e. The highest BCUT2D eigenvalue weighted by atomic mass is 127. The lowest BCUT2D eigenvalue weighted by molar-refractivity contribution is 0.436. The van der Waals surface area contributed by atoms with Gasteiger partial charge in [-0.3, -0.25) is 4.68 Å². The highest BCUT2D eigenvalue weighted by Crippen LogP contribution is 2.11. The van der Waals surface area contributed by atoms with E-state index in [0.29, 0.717) is 25.0 Å². The van der Waals surface area contributed by atoms with Gasteiger partial charge in [-0.25, -0.2) is 13.8 Å². The first-order valence-electron chi connectivity index (χ1n) is 8.86. The second-order valence-corrected chi connectivity index (χ2v) is 6.53. The van der Waals surface area contributed by atoms with Crippen molar-refractivity contribution in [2.24, 2.45) is 10.9 Å². The van der Waals surface area contributed by atoms with E-state index in [0.717, 1.165) is 30.1 Å². The average Bonchev–Trinajstić information content (AvgIpc) is 2.90. The van der Waals surface area contributed by atoms with Gasteiger partial charge in [0.05, 0.1) is 12.2 Å². The van der Waals surface area contributed by atoms with Crippen LogP contribution in [0, 0.1) is 31.4 Å². The highest BCUT2D eigenvalue weighted by Gasteiger charge is 2.09. The number of hydrogen-bond donors (Lipinski definition) is 2. The fourth-order valence-electron chi connectivity index (χ4n) is 2.66. The third-order valence-corrected chi connectivity index (χ3v) is 3.97. The van der Waals surface area contributed by atoms with Gasteiger partial charge in [0.1, 0.15) is 11.6 Å². The van der Waals surface area contributed by atoms with Gasteiger partial charge in [-0.05, 0) is 51.0 Å². The topological polar surface area (TPSA) is 54.2 Å². The van der Waals surface area contributed by atoms with Crippen LogP contribution >= 0.6 is 24.0 Å². The number of benzene rings is 1. The highest BCUT2D eigenvalue weighted by molar-refractivity contribution is 14.0. The number of rotatable bonds is 7. The lowest BCUT2D eigenvalue weighted by Gasteiger charge is -2.17. The molecule has 0 radical (unpaired) electrons. The second kappa shape index (κ2) is 11.2. The zero-order valence-corrected chi connectivity index (χ0v) is 18.6. The Morgan fingerprint density at radius 2 is 1.96 bits per heavy atom. The van der Waals surface area contributed by atoms with Crippen molar-refractivity contribution in [2.75, 3.05) is 13.1 Å². The van der Waals surface area contributed by atoms with Crippen LogP contribution < -0.4 is 10.6 Å². The lowest BCUT2D eigenvalue weighted by Crippen LogP contribution is -2.40. The molecule has 0 bridgehead atoms. The predicted octanol–water partition coefficient (Wildman–Crippen LogP) is 3.79. The fraction of sp³-hybridized carbons (Fsp3) is 0.474. The molecule has 0 aliphatic carbocycles. The quantitative estimate of drug-likeness (QED) is 0.352. The standard InChI is InChI=1S/C19H27F2N5.HI/c1-5-22-19(24-11-16-9-17(20)6-7-18(16)21)23-10-13(2)12-26-15(4)8-14(3)25-26;/h6-9,13H,5,10-12H2,1-4H3,(H2,22,23,24);1H. The molecule has 1 unspecified atom stereocenters. The summed E-state index contributed by atoms with van der Waals surface area (Å²) in [7, 11) is 0. The fourth-order valence-corrected chi connectivity index (χ4v) is 2.66. The van der Waals surface area contributed by atoms with E-state index in [1.165, 1.54) is 6.07 Å². The van der Waals surface area contributed by atoms with Gasteiger partial charge in [-0.15, -0.1) is 24.0 Å². The van der Waals surface area contributed by atoms with Gasteiger partial charge in [-0.1, -0.05) is 6.92 Å². The summed E-state index contributed by atoms with van der Waals surface area (Å²) in [5, 5.41) is 10.8. The Morgan fingerprint density at radius 3 is 2.59 bits per heavy atom. The summed E-state index contributed by atoms with van der Waals surface area (Å²) in [5.74, 6) is -0.0175. The molecule has 0 spiro atoms. The molecule has 0 saturated heterocycles. The summed E-state index contributed by atoms with van der Waals surface area (Å²) in [6.45, 7) is 10.3. The molecular formula is C19H28F2IN5. The molecule has 1 atom stereocenters. The van der Waals surface area contributed by atoms with E-state index in [4.69, 9.17) is 0 Å². The zero-order chi connectivity index (χ0) is 19.1. The molecule has 2 aromatic rings. The van der Waals surface area contributed by atoms with Crippen molar-refractivity contribution >= 4 is 29.9 Å². The van der Waals surface area contributed by atoms with Crippen LogP contribution in [0.5, 0.6) is 0 Å². The van der Waals surface area contributed by atoms with Crippen LogP contribution in [-0.2, 0) is 13.1 Å². The van der Waals surface area contributed by atoms with Crippen LogP contribution in [0.1, 0.15) is 30.8 Å². The Balaban J connectivity index is 0.00000364. The van der Waals surface area contributed by atoms with Gasteiger partial charge in [0, 0.05) is 30.9 Å². The van der Waals surface area contributed by atoms with Crippen molar-refractivity contribution in [2.45, 2.75) is 40.8 Å². The molecular weight excluding hydrogens is 463 g/mol. The van der Waals surface area contributed by atoms with Crippen molar-refractivity contribution in [3.05, 3.63) is 52.9 Å². The van der Waals surface area contributed by atoms with Gasteiger partial charge < -0.3 is 10.6 Å². The normalized spacial score (nSPS) is 12.4. The van der Waals surface area contributed by atoms with Gasteiger partial charge in [0.25, 0.3) is 0 Å². The van der Waals surface area contributed by atoms with Gasteiger partial charge in [0.15, 0.2) is 5.96 Å². The van der Waals surface area contributed by atoms with E-state index < -0.39 is 11.6 Å². The SMILES string of the molecule is CCNC(=NCc1cc(F)ccc1F)NCC(C)Cn1nc(C)cc1C.I. The predicted molar refractivity (Wildman–Crippen MR) is 115 cm³/mol. The van der Waals surface area contributed by atoms with Crippen LogP contribution in [0.25, 0.3) is 0 Å². The van der Waals surface area contributed by atoms with Crippen molar-refractivity contribution in [3.63, 3.8) is 0 Å². The molecule has 2 N–H and O–H groups in total. The number of hydrogen-bond acceptors (Lipinski definition) is 2. The van der Waals surface area contributed by atoms with E-state index >= 15 is 0 Å². The average molecular weight is 491 g/mol. The van der Waals surface area contributed by atoms with Gasteiger partial charge in [0.2, 0.25) is 0 Å². The van der Waals surface area contributed by atoms with Crippen LogP contribution in [-0.4, -0.2) is 28.8 Å². The minimum atomic E-state index is -0.465. The Bertz CT molecular complexity index is 761. The third-order valence-electron chi connectivity index (χ3n) is 3.97. The summed E-state index contributed by atoms with van der Waals surface area (Å²) < 4.78 is 29.0. The number of aliphatic imine (C=N–C) groups is 1. The second-order valence-electron chi connectivity index (χ2n) is 6.53. The number of halogens is 3. The summed E-state index contributed by atoms with van der Waals surface area (Å²) in [5.41, 5.74) is 2.38. The molecule has 8 heteroatoms. The van der Waals surface area contributed by atoms with Crippen molar-refractivity contribution in [1.29, 1.82) is 0 Å². The summed E-state index contributed by atoms with van der Waals surface area (Å²) in [4.78, 5) is 4.35. The van der Waals surface area contributed by atoms with Crippen molar-refractivity contribution in [1.82, 2.24) is 20.4 Å². The zero-order valence-electron chi connectivity index (χ0n) is 16.2. The van der Waals surface area contributed by atoms with E-state index in [-0.39, 0.29) is 36.1 Å². The maximum absolute atomic E-state index is 13.7. The first kappa shape index (κ1) is 23.3. The first-order chi connectivity index (χ1) is 12.4. The van der Waals surface area contributed by atoms with E-state index in [2.05, 4.69) is 33.7 Å².